The first-order chi connectivity index (χ1) is 32.5. The maximum atomic E-state index is 2.62. The minimum atomic E-state index is 0.0642. The summed E-state index contributed by atoms with van der Waals surface area (Å²) in [7, 11) is 0. The number of benzene rings is 8. The molecule has 5 aliphatic carbocycles. The van der Waals surface area contributed by atoms with Gasteiger partial charge in [-0.1, -0.05) is 173 Å². The summed E-state index contributed by atoms with van der Waals surface area (Å²) in [6.07, 6.45) is 11.8. The summed E-state index contributed by atoms with van der Waals surface area (Å²) < 4.78 is 0. The first-order valence-electron chi connectivity index (χ1n) is 25.1. The van der Waals surface area contributed by atoms with Gasteiger partial charge in [-0.15, -0.1) is 0 Å². The fraction of sp³-hybridized carbons (Fsp3) is 0.262. The summed E-state index contributed by atoms with van der Waals surface area (Å²) in [6, 6.07) is 72.1. The molecule has 66 heavy (non-hydrogen) atoms. The summed E-state index contributed by atoms with van der Waals surface area (Å²) >= 11 is 0. The van der Waals surface area contributed by atoms with Gasteiger partial charge in [0.15, 0.2) is 0 Å². The first-order valence-corrected chi connectivity index (χ1v) is 25.1. The molecule has 0 heterocycles. The molecule has 8 aromatic rings. The fourth-order valence-corrected chi connectivity index (χ4v) is 14.8. The summed E-state index contributed by atoms with van der Waals surface area (Å²) in [5.74, 6) is 2.92. The van der Waals surface area contributed by atoms with Crippen molar-refractivity contribution in [1.29, 1.82) is 0 Å². The molecule has 0 aromatic heterocycles. The van der Waals surface area contributed by atoms with Crippen molar-refractivity contribution in [3.63, 3.8) is 0 Å². The predicted octanol–water partition coefficient (Wildman–Crippen LogP) is 17.7. The Morgan fingerprint density at radius 2 is 0.909 bits per heavy atom. The van der Waals surface area contributed by atoms with Crippen molar-refractivity contribution in [2.24, 2.45) is 23.7 Å². The smallest absolute Gasteiger partial charge is 0.0467 e. The van der Waals surface area contributed by atoms with Crippen molar-refractivity contribution in [3.05, 3.63) is 210 Å². The average molecular weight is 854 g/mol. The number of fused-ring (bicyclic) bond motifs is 13. The van der Waals surface area contributed by atoms with Crippen LogP contribution < -0.4 is 4.90 Å². The van der Waals surface area contributed by atoms with Crippen LogP contribution in [0.2, 0.25) is 0 Å². The normalized spacial score (nSPS) is 22.9. The molecule has 0 amide bonds. The Labute approximate surface area is 392 Å². The van der Waals surface area contributed by atoms with E-state index in [1.54, 1.807) is 16.7 Å². The van der Waals surface area contributed by atoms with Gasteiger partial charge in [-0.3, -0.25) is 0 Å². The van der Waals surface area contributed by atoms with Gasteiger partial charge in [-0.2, -0.15) is 0 Å². The zero-order valence-corrected chi connectivity index (χ0v) is 38.5. The highest BCUT2D eigenvalue weighted by atomic mass is 15.1. The van der Waals surface area contributed by atoms with E-state index in [1.807, 2.05) is 0 Å². The van der Waals surface area contributed by atoms with E-state index in [4.69, 9.17) is 0 Å². The molecule has 0 radical (unpaired) electrons. The molecule has 2 bridgehead atoms. The van der Waals surface area contributed by atoms with E-state index in [1.165, 1.54) is 119 Å². The maximum absolute atomic E-state index is 2.62. The van der Waals surface area contributed by atoms with E-state index in [-0.39, 0.29) is 10.8 Å². The van der Waals surface area contributed by atoms with Gasteiger partial charge in [-0.25, -0.2) is 0 Å². The van der Waals surface area contributed by atoms with Crippen molar-refractivity contribution in [2.75, 3.05) is 4.90 Å². The Kier molecular flexibility index (Phi) is 9.42. The van der Waals surface area contributed by atoms with E-state index < -0.39 is 0 Å². The molecule has 8 aromatic carbocycles. The zero-order valence-electron chi connectivity index (χ0n) is 38.5. The molecule has 0 N–H and O–H groups in total. The summed E-state index contributed by atoms with van der Waals surface area (Å²) in [5, 5.41) is 0. The molecule has 2 spiro atoms. The molecule has 0 aliphatic heterocycles. The third-order valence-corrected chi connectivity index (χ3v) is 17.4. The quantitative estimate of drug-likeness (QED) is 0.161. The van der Waals surface area contributed by atoms with Gasteiger partial charge in [0.25, 0.3) is 0 Å². The van der Waals surface area contributed by atoms with Crippen LogP contribution in [0.3, 0.4) is 0 Å². The highest BCUT2D eigenvalue weighted by Gasteiger charge is 2.56. The molecule has 5 atom stereocenters. The zero-order chi connectivity index (χ0) is 44.0. The van der Waals surface area contributed by atoms with Crippen molar-refractivity contribution in [2.45, 2.75) is 82.5 Å². The lowest BCUT2D eigenvalue weighted by atomic mass is 9.49. The number of hydrogen-bond donors (Lipinski definition) is 0. The van der Waals surface area contributed by atoms with Crippen LogP contribution in [0.5, 0.6) is 0 Å². The molecule has 3 saturated carbocycles. The summed E-state index contributed by atoms with van der Waals surface area (Å²) in [6.45, 7) is 5.10. The van der Waals surface area contributed by atoms with Crippen LogP contribution in [0.15, 0.2) is 188 Å². The Morgan fingerprint density at radius 1 is 0.379 bits per heavy atom. The van der Waals surface area contributed by atoms with E-state index in [0.717, 1.165) is 28.9 Å². The number of nitrogens with zero attached hydrogens (tertiary/aromatic N) is 1. The van der Waals surface area contributed by atoms with Gasteiger partial charge in [0.1, 0.15) is 0 Å². The highest BCUT2D eigenvalue weighted by Crippen LogP contribution is 2.65. The number of anilines is 3. The van der Waals surface area contributed by atoms with Crippen molar-refractivity contribution >= 4 is 17.1 Å². The monoisotopic (exact) mass is 853 g/mol. The van der Waals surface area contributed by atoms with Crippen LogP contribution >= 0.6 is 0 Å². The van der Waals surface area contributed by atoms with Gasteiger partial charge < -0.3 is 4.90 Å². The van der Waals surface area contributed by atoms with Crippen LogP contribution in [0, 0.1) is 23.7 Å². The van der Waals surface area contributed by atoms with Gasteiger partial charge in [-0.05, 0) is 189 Å². The van der Waals surface area contributed by atoms with Gasteiger partial charge in [0.05, 0.1) is 0 Å². The second kappa shape index (κ2) is 15.6. The lowest BCUT2D eigenvalue weighted by Crippen LogP contribution is -2.49. The molecule has 1 nitrogen and oxygen atoms in total. The Bertz CT molecular complexity index is 3130. The van der Waals surface area contributed by atoms with Crippen molar-refractivity contribution in [3.8, 4) is 55.6 Å². The molecule has 324 valence electrons. The van der Waals surface area contributed by atoms with Crippen molar-refractivity contribution < 1.29 is 0 Å². The number of rotatable bonds is 6. The topological polar surface area (TPSA) is 3.24 Å². The summed E-state index contributed by atoms with van der Waals surface area (Å²) in [4.78, 5) is 2.48. The third-order valence-electron chi connectivity index (χ3n) is 17.4. The van der Waals surface area contributed by atoms with Crippen molar-refractivity contribution in [1.82, 2.24) is 0 Å². The van der Waals surface area contributed by atoms with E-state index in [0.29, 0.717) is 11.8 Å². The third kappa shape index (κ3) is 6.11. The molecule has 5 aliphatic rings. The Morgan fingerprint density at radius 3 is 1.61 bits per heavy atom. The molecular weight excluding hydrogens is 795 g/mol. The fourth-order valence-electron chi connectivity index (χ4n) is 14.8. The van der Waals surface area contributed by atoms with Crippen LogP contribution in [-0.4, -0.2) is 0 Å². The summed E-state index contributed by atoms with van der Waals surface area (Å²) in [5.41, 5.74) is 23.3. The standard InChI is InChI=1S/C65H59N/c1-43-35-45-37-44(2)65(52(36-43)38-45)61-24-10-8-22-57(61)59-32-28-51(42-63(59)65)49-18-14-20-55(40-49)66(53-29-25-47(26-30-53)46-15-5-3-6-16-46)54-19-13-17-48(39-54)50-27-31-58-56-21-7-9-23-60(56)64(62(58)41-50)33-11-4-12-34-64/h3,5-10,13-32,39-45,52H,4,11-12,33-38H2,1-2H3/t43-,44+,45?,52-,65-/m1/s1. The van der Waals surface area contributed by atoms with Crippen LogP contribution in [0.25, 0.3) is 55.6 Å². The molecule has 1 unspecified atom stereocenters. The second-order valence-corrected chi connectivity index (χ2v) is 21.0. The van der Waals surface area contributed by atoms with Crippen LogP contribution in [0.1, 0.15) is 93.9 Å². The van der Waals surface area contributed by atoms with E-state index in [2.05, 4.69) is 207 Å². The maximum Gasteiger partial charge on any atom is 0.0467 e. The Balaban J connectivity index is 0.922. The second-order valence-electron chi connectivity index (χ2n) is 21.0. The highest BCUT2D eigenvalue weighted by molar-refractivity contribution is 5.88. The molecular formula is C65H59N. The van der Waals surface area contributed by atoms with E-state index in [9.17, 15) is 0 Å². The van der Waals surface area contributed by atoms with Crippen LogP contribution in [-0.2, 0) is 10.8 Å². The largest absolute Gasteiger partial charge is 0.310 e. The molecule has 13 rings (SSSR count). The van der Waals surface area contributed by atoms with Crippen LogP contribution in [0.4, 0.5) is 17.1 Å². The minimum absolute atomic E-state index is 0.0642. The van der Waals surface area contributed by atoms with Gasteiger partial charge in [0.2, 0.25) is 0 Å². The molecule has 1 heteroatoms. The first kappa shape index (κ1) is 39.9. The molecule has 0 saturated heterocycles. The van der Waals surface area contributed by atoms with E-state index >= 15 is 0 Å². The molecule has 3 fully saturated rings. The SMILES string of the molecule is C[C@@H]1CC2C[C@@H](C1)[C@@]1(c3ccccc3-c3ccc(-c4cccc(N(c5ccc(-c6ccccc6)cc5)c5cccc(-c6ccc7c(c6)C6(CCCCC6)c6ccccc6-7)c5)c4)cc31)[C@@H](C)C2. The average Bonchev–Trinajstić information content (AvgIpc) is 3.81. The lowest BCUT2D eigenvalue weighted by Gasteiger charge is -2.54. The number of hydrogen-bond acceptors (Lipinski definition) is 1. The van der Waals surface area contributed by atoms with Gasteiger partial charge >= 0.3 is 0 Å². The van der Waals surface area contributed by atoms with Gasteiger partial charge in [0, 0.05) is 27.9 Å². The minimum Gasteiger partial charge on any atom is -0.310 e. The Hall–Kier alpha value is -6.44. The predicted molar refractivity (Wildman–Crippen MR) is 277 cm³/mol. The lowest BCUT2D eigenvalue weighted by molar-refractivity contribution is 0.0426.